The van der Waals surface area contributed by atoms with Crippen LogP contribution in [0.15, 0.2) is 34.9 Å². The maximum Gasteiger partial charge on any atom is 0.209 e. The number of hydrogen-bond donors (Lipinski definition) is 1. The van der Waals surface area contributed by atoms with Crippen LogP contribution >= 0.6 is 11.6 Å². The van der Waals surface area contributed by atoms with E-state index in [2.05, 4.69) is 15.2 Å². The zero-order chi connectivity index (χ0) is 14.2. The van der Waals surface area contributed by atoms with Gasteiger partial charge in [-0.2, -0.15) is 0 Å². The fourth-order valence-corrected chi connectivity index (χ4v) is 3.62. The fraction of sp³-hybridized carbons (Fsp3) is 0.438. The van der Waals surface area contributed by atoms with Crippen LogP contribution in [0.3, 0.4) is 0 Å². The average Bonchev–Trinajstić information content (AvgIpc) is 3.14. The lowest BCUT2D eigenvalue weighted by Gasteiger charge is -2.14. The van der Waals surface area contributed by atoms with Crippen molar-refractivity contribution in [2.75, 3.05) is 26.2 Å². The Labute approximate surface area is 129 Å². The number of nitrogens with zero attached hydrogens (tertiary/aromatic N) is 2. The summed E-state index contributed by atoms with van der Waals surface area (Å²) < 4.78 is 5.88. The van der Waals surface area contributed by atoms with Gasteiger partial charge >= 0.3 is 0 Å². The Morgan fingerprint density at radius 2 is 2.10 bits per heavy atom. The highest BCUT2D eigenvalue weighted by Crippen LogP contribution is 2.28. The highest BCUT2D eigenvalue weighted by Gasteiger charge is 2.36. The van der Waals surface area contributed by atoms with E-state index in [4.69, 9.17) is 16.0 Å². The van der Waals surface area contributed by atoms with E-state index in [1.807, 2.05) is 24.3 Å². The summed E-state index contributed by atoms with van der Waals surface area (Å²) in [5.74, 6) is 3.17. The van der Waals surface area contributed by atoms with Crippen molar-refractivity contribution < 1.29 is 4.42 Å². The molecule has 4 nitrogen and oxygen atoms in total. The van der Waals surface area contributed by atoms with Gasteiger partial charge < -0.3 is 9.73 Å². The predicted molar refractivity (Wildman–Crippen MR) is 82.1 cm³/mol. The van der Waals surface area contributed by atoms with Crippen molar-refractivity contribution in [2.45, 2.75) is 6.54 Å². The second kappa shape index (κ2) is 5.44. The first kappa shape index (κ1) is 13.3. The number of likely N-dealkylation sites (tertiary alicyclic amines) is 1. The summed E-state index contributed by atoms with van der Waals surface area (Å²) in [6.07, 6.45) is 1.79. The van der Waals surface area contributed by atoms with Gasteiger partial charge in [-0.15, -0.1) is 0 Å². The minimum Gasteiger partial charge on any atom is -0.439 e. The van der Waals surface area contributed by atoms with Gasteiger partial charge in [-0.3, -0.25) is 4.90 Å². The lowest BCUT2D eigenvalue weighted by Crippen LogP contribution is -2.25. The van der Waals surface area contributed by atoms with E-state index in [9.17, 15) is 0 Å². The van der Waals surface area contributed by atoms with E-state index < -0.39 is 0 Å². The van der Waals surface area contributed by atoms with Gasteiger partial charge in [0, 0.05) is 23.7 Å². The number of rotatable bonds is 3. The Hall–Kier alpha value is -1.36. The zero-order valence-electron chi connectivity index (χ0n) is 11.8. The van der Waals surface area contributed by atoms with Crippen LogP contribution < -0.4 is 5.32 Å². The van der Waals surface area contributed by atoms with E-state index in [0.29, 0.717) is 5.02 Å². The number of nitrogens with one attached hydrogen (secondary N) is 1. The smallest absolute Gasteiger partial charge is 0.209 e. The van der Waals surface area contributed by atoms with Crippen LogP contribution in [0.5, 0.6) is 0 Å². The maximum atomic E-state index is 6.02. The first-order valence-electron chi connectivity index (χ1n) is 7.41. The normalized spacial score (nSPS) is 25.4. The van der Waals surface area contributed by atoms with Gasteiger partial charge in [-0.05, 0) is 37.1 Å². The molecule has 21 heavy (non-hydrogen) atoms. The molecule has 0 bridgehead atoms. The summed E-state index contributed by atoms with van der Waals surface area (Å²) in [7, 11) is 0. The summed E-state index contributed by atoms with van der Waals surface area (Å²) >= 11 is 6.02. The second-order valence-corrected chi connectivity index (χ2v) is 6.44. The molecule has 1 aromatic carbocycles. The molecule has 2 saturated heterocycles. The summed E-state index contributed by atoms with van der Waals surface area (Å²) in [6.45, 7) is 5.40. The summed E-state index contributed by atoms with van der Waals surface area (Å²) in [4.78, 5) is 6.86. The molecule has 4 rings (SSSR count). The molecule has 2 aliphatic rings. The van der Waals surface area contributed by atoms with Crippen molar-refractivity contribution >= 4 is 11.6 Å². The molecule has 2 atom stereocenters. The Morgan fingerprint density at radius 3 is 2.86 bits per heavy atom. The number of benzene rings is 1. The van der Waals surface area contributed by atoms with Crippen molar-refractivity contribution in [3.05, 3.63) is 41.4 Å². The van der Waals surface area contributed by atoms with Crippen molar-refractivity contribution in [1.82, 2.24) is 15.2 Å². The molecular weight excluding hydrogens is 286 g/mol. The molecule has 0 amide bonds. The highest BCUT2D eigenvalue weighted by molar-refractivity contribution is 6.30. The molecule has 2 aliphatic heterocycles. The summed E-state index contributed by atoms with van der Waals surface area (Å²) in [5.41, 5.74) is 0.976. The molecule has 5 heteroatoms. The molecule has 2 unspecified atom stereocenters. The number of oxazole rings is 1. The van der Waals surface area contributed by atoms with Gasteiger partial charge in [0.25, 0.3) is 0 Å². The van der Waals surface area contributed by atoms with Crippen molar-refractivity contribution in [3.8, 4) is 11.3 Å². The van der Waals surface area contributed by atoms with Crippen LogP contribution in [0.25, 0.3) is 11.3 Å². The second-order valence-electron chi connectivity index (χ2n) is 6.00. The first-order chi connectivity index (χ1) is 10.3. The molecule has 1 aromatic heterocycles. The van der Waals surface area contributed by atoms with Crippen LogP contribution in [0.2, 0.25) is 5.02 Å². The fourth-order valence-electron chi connectivity index (χ4n) is 3.43. The Balaban J connectivity index is 1.45. The van der Waals surface area contributed by atoms with Gasteiger partial charge in [0.05, 0.1) is 12.7 Å². The van der Waals surface area contributed by atoms with Gasteiger partial charge in [-0.1, -0.05) is 23.7 Å². The molecule has 0 spiro atoms. The van der Waals surface area contributed by atoms with Crippen molar-refractivity contribution in [3.63, 3.8) is 0 Å². The predicted octanol–water partition coefficient (Wildman–Crippen LogP) is 2.65. The third-order valence-electron chi connectivity index (χ3n) is 4.49. The SMILES string of the molecule is Clc1cccc(-c2cnc(CN3CC4CNCC4C3)o2)c1. The van der Waals surface area contributed by atoms with E-state index >= 15 is 0 Å². The largest absolute Gasteiger partial charge is 0.439 e. The van der Waals surface area contributed by atoms with Crippen molar-refractivity contribution in [2.24, 2.45) is 11.8 Å². The number of fused-ring (bicyclic) bond motifs is 1. The first-order valence-corrected chi connectivity index (χ1v) is 7.79. The Morgan fingerprint density at radius 1 is 1.29 bits per heavy atom. The van der Waals surface area contributed by atoms with Crippen LogP contribution in [0.4, 0.5) is 0 Å². The monoisotopic (exact) mass is 303 g/mol. The molecule has 0 radical (unpaired) electrons. The van der Waals surface area contributed by atoms with E-state index in [1.54, 1.807) is 6.20 Å². The van der Waals surface area contributed by atoms with Crippen LogP contribution in [0.1, 0.15) is 5.89 Å². The zero-order valence-corrected chi connectivity index (χ0v) is 12.5. The topological polar surface area (TPSA) is 41.3 Å². The number of aromatic nitrogens is 1. The van der Waals surface area contributed by atoms with Crippen LogP contribution in [-0.2, 0) is 6.54 Å². The highest BCUT2D eigenvalue weighted by atomic mass is 35.5. The van der Waals surface area contributed by atoms with Gasteiger partial charge in [0.1, 0.15) is 0 Å². The van der Waals surface area contributed by atoms with E-state index in [0.717, 1.165) is 61.8 Å². The summed E-state index contributed by atoms with van der Waals surface area (Å²) in [5, 5.41) is 4.17. The van der Waals surface area contributed by atoms with E-state index in [-0.39, 0.29) is 0 Å². The minimum atomic E-state index is 0.713. The molecule has 0 saturated carbocycles. The van der Waals surface area contributed by atoms with Gasteiger partial charge in [-0.25, -0.2) is 4.98 Å². The molecule has 2 fully saturated rings. The standard InChI is InChI=1S/C16H18ClN3O/c17-14-3-1-2-11(4-14)15-7-19-16(21-15)10-20-8-12-5-18-6-13(12)9-20/h1-4,7,12-13,18H,5-6,8-10H2. The quantitative estimate of drug-likeness (QED) is 0.946. The molecule has 110 valence electrons. The molecule has 2 aromatic rings. The van der Waals surface area contributed by atoms with Crippen LogP contribution in [-0.4, -0.2) is 36.1 Å². The third-order valence-corrected chi connectivity index (χ3v) is 4.72. The molecule has 0 aliphatic carbocycles. The Bertz CT molecular complexity index is 630. The summed E-state index contributed by atoms with van der Waals surface area (Å²) in [6, 6.07) is 7.67. The lowest BCUT2D eigenvalue weighted by atomic mass is 10.0. The van der Waals surface area contributed by atoms with Gasteiger partial charge in [0.2, 0.25) is 5.89 Å². The molecule has 1 N–H and O–H groups in total. The maximum absolute atomic E-state index is 6.02. The van der Waals surface area contributed by atoms with Crippen LogP contribution in [0, 0.1) is 11.8 Å². The van der Waals surface area contributed by atoms with E-state index in [1.165, 1.54) is 0 Å². The number of halogens is 1. The Kier molecular flexibility index (Phi) is 3.45. The minimum absolute atomic E-state index is 0.713. The molecular formula is C16H18ClN3O. The molecule has 3 heterocycles. The van der Waals surface area contributed by atoms with Gasteiger partial charge in [0.15, 0.2) is 5.76 Å². The third kappa shape index (κ3) is 2.71. The lowest BCUT2D eigenvalue weighted by molar-refractivity contribution is 0.273. The average molecular weight is 304 g/mol. The van der Waals surface area contributed by atoms with Crippen molar-refractivity contribution in [1.29, 1.82) is 0 Å². The number of hydrogen-bond acceptors (Lipinski definition) is 4.